The van der Waals surface area contributed by atoms with E-state index >= 15 is 0 Å². The van der Waals surface area contributed by atoms with E-state index in [1.54, 1.807) is 4.63 Å². The summed E-state index contributed by atoms with van der Waals surface area (Å²) in [5, 5.41) is 23.6. The quantitative estimate of drug-likeness (QED) is 0.471. The molecule has 0 unspecified atom stereocenters. The van der Waals surface area contributed by atoms with Gasteiger partial charge in [0.15, 0.2) is 5.65 Å². The molecule has 8 nitrogen and oxygen atoms in total. The van der Waals surface area contributed by atoms with Crippen molar-refractivity contribution in [2.24, 2.45) is 0 Å². The SMILES string of the molecule is CCCc1cc2n(Cc3ccc(-c4ccccc4-c4nn[nH]n4)cc3)c(C)nn2n1. The number of fused-ring (bicyclic) bond motifs is 1. The van der Waals surface area contributed by atoms with Gasteiger partial charge >= 0.3 is 0 Å². The summed E-state index contributed by atoms with van der Waals surface area (Å²) >= 11 is 0. The van der Waals surface area contributed by atoms with Crippen molar-refractivity contribution in [3.05, 3.63) is 71.7 Å². The molecule has 0 aliphatic heterocycles. The van der Waals surface area contributed by atoms with Crippen molar-refractivity contribution in [2.75, 3.05) is 0 Å². The lowest BCUT2D eigenvalue weighted by Gasteiger charge is -2.09. The summed E-state index contributed by atoms with van der Waals surface area (Å²) in [6.45, 7) is 4.93. The first-order chi connectivity index (χ1) is 14.7. The third-order valence-electron chi connectivity index (χ3n) is 5.26. The number of tetrazole rings is 1. The predicted octanol–water partition coefficient (Wildman–Crippen LogP) is 3.69. The minimum atomic E-state index is 0.592. The van der Waals surface area contributed by atoms with Crippen molar-refractivity contribution in [1.82, 2.24) is 40.0 Å². The van der Waals surface area contributed by atoms with Gasteiger partial charge in [0.25, 0.3) is 0 Å². The van der Waals surface area contributed by atoms with E-state index in [1.165, 1.54) is 5.56 Å². The maximum atomic E-state index is 4.58. The molecular weight excluding hydrogens is 376 g/mol. The van der Waals surface area contributed by atoms with Crippen LogP contribution in [0.15, 0.2) is 54.6 Å². The Kier molecular flexibility index (Phi) is 4.59. The Morgan fingerprint density at radius 2 is 1.77 bits per heavy atom. The predicted molar refractivity (Wildman–Crippen MR) is 114 cm³/mol. The summed E-state index contributed by atoms with van der Waals surface area (Å²) in [6, 6.07) is 18.8. The Morgan fingerprint density at radius 1 is 0.967 bits per heavy atom. The monoisotopic (exact) mass is 398 g/mol. The summed E-state index contributed by atoms with van der Waals surface area (Å²) in [5.74, 6) is 1.54. The number of hydrogen-bond acceptors (Lipinski definition) is 5. The van der Waals surface area contributed by atoms with Gasteiger partial charge in [0.2, 0.25) is 5.82 Å². The lowest BCUT2D eigenvalue weighted by atomic mass is 9.98. The molecule has 0 bridgehead atoms. The molecule has 0 radical (unpaired) electrons. The maximum Gasteiger partial charge on any atom is 0.205 e. The van der Waals surface area contributed by atoms with Gasteiger partial charge in [-0.2, -0.15) is 10.3 Å². The average molecular weight is 398 g/mol. The number of benzene rings is 2. The van der Waals surface area contributed by atoms with Crippen LogP contribution in [-0.4, -0.2) is 40.0 Å². The molecule has 3 aromatic heterocycles. The lowest BCUT2D eigenvalue weighted by molar-refractivity contribution is 0.753. The molecule has 0 amide bonds. The largest absolute Gasteiger partial charge is 0.307 e. The molecule has 2 aromatic carbocycles. The second kappa shape index (κ2) is 7.55. The molecule has 3 heterocycles. The number of aromatic amines is 1. The van der Waals surface area contributed by atoms with Crippen molar-refractivity contribution >= 4 is 5.65 Å². The van der Waals surface area contributed by atoms with Crippen LogP contribution in [0, 0.1) is 6.92 Å². The van der Waals surface area contributed by atoms with Crippen LogP contribution in [0.2, 0.25) is 0 Å². The molecular formula is C22H22N8. The molecule has 0 saturated carbocycles. The van der Waals surface area contributed by atoms with Gasteiger partial charge in [-0.25, -0.2) is 0 Å². The topological polar surface area (TPSA) is 89.6 Å². The number of hydrogen-bond donors (Lipinski definition) is 1. The van der Waals surface area contributed by atoms with Crippen LogP contribution in [0.4, 0.5) is 0 Å². The summed E-state index contributed by atoms with van der Waals surface area (Å²) in [6.07, 6.45) is 2.04. The van der Waals surface area contributed by atoms with Gasteiger partial charge in [-0.05, 0) is 35.2 Å². The van der Waals surface area contributed by atoms with Gasteiger partial charge in [0.1, 0.15) is 5.82 Å². The molecule has 5 aromatic rings. The van der Waals surface area contributed by atoms with Crippen LogP contribution in [0.5, 0.6) is 0 Å². The molecule has 5 rings (SSSR count). The van der Waals surface area contributed by atoms with Crippen molar-refractivity contribution in [3.63, 3.8) is 0 Å². The first-order valence-corrected chi connectivity index (χ1v) is 10.1. The normalized spacial score (nSPS) is 11.4. The van der Waals surface area contributed by atoms with E-state index in [2.05, 4.69) is 78.7 Å². The van der Waals surface area contributed by atoms with Crippen LogP contribution in [-0.2, 0) is 13.0 Å². The Labute approximate surface area is 173 Å². The second-order valence-corrected chi connectivity index (χ2v) is 7.34. The zero-order chi connectivity index (χ0) is 20.5. The fourth-order valence-electron chi connectivity index (χ4n) is 3.78. The van der Waals surface area contributed by atoms with Gasteiger partial charge in [-0.1, -0.05) is 61.9 Å². The number of nitrogens with zero attached hydrogens (tertiary/aromatic N) is 7. The molecule has 30 heavy (non-hydrogen) atoms. The molecule has 0 atom stereocenters. The van der Waals surface area contributed by atoms with E-state index in [4.69, 9.17) is 0 Å². The van der Waals surface area contributed by atoms with E-state index < -0.39 is 0 Å². The smallest absolute Gasteiger partial charge is 0.205 e. The Hall–Kier alpha value is -3.81. The first kappa shape index (κ1) is 18.2. The molecule has 8 heteroatoms. The van der Waals surface area contributed by atoms with Gasteiger partial charge in [-0.3, -0.25) is 0 Å². The van der Waals surface area contributed by atoms with E-state index in [0.29, 0.717) is 5.82 Å². The second-order valence-electron chi connectivity index (χ2n) is 7.34. The van der Waals surface area contributed by atoms with Crippen LogP contribution in [0.25, 0.3) is 28.2 Å². The van der Waals surface area contributed by atoms with Gasteiger partial charge in [0, 0.05) is 11.6 Å². The van der Waals surface area contributed by atoms with E-state index in [9.17, 15) is 0 Å². The highest BCUT2D eigenvalue weighted by Gasteiger charge is 2.13. The fourth-order valence-corrected chi connectivity index (χ4v) is 3.78. The molecule has 0 spiro atoms. The summed E-state index contributed by atoms with van der Waals surface area (Å²) in [7, 11) is 0. The van der Waals surface area contributed by atoms with Crippen molar-refractivity contribution < 1.29 is 0 Å². The van der Waals surface area contributed by atoms with Crippen LogP contribution < -0.4 is 0 Å². The average Bonchev–Trinajstić information content (AvgIpc) is 3.48. The highest BCUT2D eigenvalue weighted by atomic mass is 15.5. The lowest BCUT2D eigenvalue weighted by Crippen LogP contribution is -2.02. The molecule has 150 valence electrons. The van der Waals surface area contributed by atoms with Gasteiger partial charge in [-0.15, -0.1) is 19.9 Å². The van der Waals surface area contributed by atoms with Gasteiger partial charge in [0.05, 0.1) is 12.2 Å². The summed E-state index contributed by atoms with van der Waals surface area (Å²) < 4.78 is 3.95. The van der Waals surface area contributed by atoms with E-state index in [0.717, 1.165) is 53.2 Å². The number of aromatic nitrogens is 8. The van der Waals surface area contributed by atoms with E-state index in [1.807, 2.05) is 25.1 Å². The Balaban J connectivity index is 1.45. The number of rotatable bonds is 6. The van der Waals surface area contributed by atoms with Crippen molar-refractivity contribution in [3.8, 4) is 22.5 Å². The van der Waals surface area contributed by atoms with Gasteiger partial charge < -0.3 is 4.57 Å². The Morgan fingerprint density at radius 3 is 2.50 bits per heavy atom. The molecule has 0 aliphatic carbocycles. The standard InChI is InChI=1S/C22H22N8/c1-3-6-18-13-21-29(15(2)25-30(21)26-18)14-16-9-11-17(12-10-16)19-7-4-5-8-20(19)22-23-27-28-24-22/h4-5,7-13H,3,6,14H2,1-2H3,(H,23,24,27,28). The van der Waals surface area contributed by atoms with Crippen molar-refractivity contribution in [2.45, 2.75) is 33.2 Å². The number of nitrogens with one attached hydrogen (secondary N) is 1. The molecule has 1 N–H and O–H groups in total. The van der Waals surface area contributed by atoms with E-state index in [-0.39, 0.29) is 0 Å². The molecule has 0 fully saturated rings. The zero-order valence-corrected chi connectivity index (χ0v) is 16.9. The minimum Gasteiger partial charge on any atom is -0.307 e. The Bertz CT molecular complexity index is 1280. The highest BCUT2D eigenvalue weighted by Crippen LogP contribution is 2.30. The zero-order valence-electron chi connectivity index (χ0n) is 16.9. The third-order valence-corrected chi connectivity index (χ3v) is 5.26. The van der Waals surface area contributed by atoms with Crippen molar-refractivity contribution in [1.29, 1.82) is 0 Å². The van der Waals surface area contributed by atoms with Crippen LogP contribution in [0.1, 0.15) is 30.4 Å². The molecule has 0 aliphatic rings. The number of aryl methyl sites for hydroxylation is 2. The minimum absolute atomic E-state index is 0.592. The third kappa shape index (κ3) is 3.26. The van der Waals surface area contributed by atoms with Crippen LogP contribution >= 0.6 is 0 Å². The highest BCUT2D eigenvalue weighted by molar-refractivity contribution is 5.80. The summed E-state index contributed by atoms with van der Waals surface area (Å²) in [5.41, 5.74) is 6.46. The molecule has 0 saturated heterocycles. The summed E-state index contributed by atoms with van der Waals surface area (Å²) in [4.78, 5) is 0. The first-order valence-electron chi connectivity index (χ1n) is 10.1. The van der Waals surface area contributed by atoms with Crippen LogP contribution in [0.3, 0.4) is 0 Å². The number of H-pyrrole nitrogens is 1. The fraction of sp³-hybridized carbons (Fsp3) is 0.227. The maximum absolute atomic E-state index is 4.58.